The Morgan fingerprint density at radius 3 is 1.83 bits per heavy atom. The zero-order chi connectivity index (χ0) is 16.8. The van der Waals surface area contributed by atoms with E-state index in [9.17, 15) is 8.78 Å². The van der Waals surface area contributed by atoms with E-state index in [-0.39, 0.29) is 29.8 Å². The zero-order valence-corrected chi connectivity index (χ0v) is 12.7. The van der Waals surface area contributed by atoms with Crippen molar-refractivity contribution in [2.75, 3.05) is 41.9 Å². The van der Waals surface area contributed by atoms with E-state index in [0.717, 1.165) is 0 Å². The average Bonchev–Trinajstić information content (AvgIpc) is 2.51. The molecule has 0 spiro atoms. The van der Waals surface area contributed by atoms with Gasteiger partial charge in [-0.3, -0.25) is 0 Å². The van der Waals surface area contributed by atoms with E-state index in [0.29, 0.717) is 6.54 Å². The van der Waals surface area contributed by atoms with E-state index < -0.39 is 12.2 Å². The first-order valence-electron chi connectivity index (χ1n) is 6.69. The molecule has 0 aromatic carbocycles. The van der Waals surface area contributed by atoms with Crippen molar-refractivity contribution in [1.82, 2.24) is 29.9 Å². The van der Waals surface area contributed by atoms with Gasteiger partial charge in [-0.15, -0.1) is 0 Å². The second-order valence-electron chi connectivity index (χ2n) is 4.43. The highest BCUT2D eigenvalue weighted by molar-refractivity contribution is 5.35. The summed E-state index contributed by atoms with van der Waals surface area (Å²) in [6, 6.07) is -0.223. The molecule has 2 heterocycles. The fraction of sp³-hybridized carbons (Fsp3) is 0.455. The van der Waals surface area contributed by atoms with E-state index in [1.165, 1.54) is 0 Å². The summed E-state index contributed by atoms with van der Waals surface area (Å²) in [7, 11) is 3.13. The fourth-order valence-electron chi connectivity index (χ4n) is 1.58. The lowest BCUT2D eigenvalue weighted by molar-refractivity contribution is 0.534. The van der Waals surface area contributed by atoms with Crippen molar-refractivity contribution in [2.45, 2.75) is 13.0 Å². The van der Waals surface area contributed by atoms with Crippen LogP contribution >= 0.6 is 0 Å². The van der Waals surface area contributed by atoms with Gasteiger partial charge in [-0.1, -0.05) is 0 Å². The Kier molecular flexibility index (Phi) is 5.28. The SMILES string of the molecule is CNc1nc(F)nc(NCC(C)Nc2nc(F)nc(NC)n2)n1. The van der Waals surface area contributed by atoms with E-state index in [4.69, 9.17) is 0 Å². The second kappa shape index (κ2) is 7.38. The van der Waals surface area contributed by atoms with Gasteiger partial charge >= 0.3 is 12.2 Å². The van der Waals surface area contributed by atoms with E-state index in [2.05, 4.69) is 51.2 Å². The van der Waals surface area contributed by atoms with Gasteiger partial charge in [0.05, 0.1) is 0 Å². The van der Waals surface area contributed by atoms with Crippen LogP contribution in [0.2, 0.25) is 0 Å². The van der Waals surface area contributed by atoms with E-state index in [1.807, 2.05) is 0 Å². The first-order chi connectivity index (χ1) is 11.0. The Morgan fingerprint density at radius 1 is 0.783 bits per heavy atom. The molecule has 0 aliphatic heterocycles. The average molecular weight is 326 g/mol. The predicted molar refractivity (Wildman–Crippen MR) is 80.2 cm³/mol. The van der Waals surface area contributed by atoms with Gasteiger partial charge in [0, 0.05) is 26.7 Å². The first-order valence-corrected chi connectivity index (χ1v) is 6.69. The second-order valence-corrected chi connectivity index (χ2v) is 4.43. The standard InChI is InChI=1S/C11H16F2N10/c1-5(17-11-21-7(13)19-9(15-3)23-11)4-16-10-20-6(12)18-8(14-2)22-10/h5H,4H2,1-3H3,(H2,14,16,18,20,22)(H2,15,17,19,21,23). The van der Waals surface area contributed by atoms with Crippen LogP contribution in [0.5, 0.6) is 0 Å². The molecular formula is C11H16F2N10. The number of nitrogens with zero attached hydrogens (tertiary/aromatic N) is 6. The predicted octanol–water partition coefficient (Wildman–Crippen LogP) is 0.331. The van der Waals surface area contributed by atoms with Crippen LogP contribution in [0.1, 0.15) is 6.92 Å². The van der Waals surface area contributed by atoms with Crippen molar-refractivity contribution in [1.29, 1.82) is 0 Å². The monoisotopic (exact) mass is 326 g/mol. The quantitative estimate of drug-likeness (QED) is 0.565. The summed E-state index contributed by atoms with van der Waals surface area (Å²) >= 11 is 0. The number of nitrogens with one attached hydrogen (secondary N) is 4. The smallest absolute Gasteiger partial charge is 0.315 e. The number of aromatic nitrogens is 6. The van der Waals surface area contributed by atoms with Crippen LogP contribution in [0.25, 0.3) is 0 Å². The first kappa shape index (κ1) is 16.5. The maximum Gasteiger partial charge on any atom is 0.315 e. The van der Waals surface area contributed by atoms with Crippen molar-refractivity contribution >= 4 is 23.8 Å². The van der Waals surface area contributed by atoms with Crippen molar-refractivity contribution in [3.8, 4) is 0 Å². The topological polar surface area (TPSA) is 125 Å². The van der Waals surface area contributed by atoms with Crippen molar-refractivity contribution in [2.24, 2.45) is 0 Å². The number of anilines is 4. The maximum absolute atomic E-state index is 13.2. The summed E-state index contributed by atoms with van der Waals surface area (Å²) in [4.78, 5) is 21.9. The molecule has 0 aliphatic carbocycles. The van der Waals surface area contributed by atoms with Gasteiger partial charge in [-0.25, -0.2) is 0 Å². The number of halogens is 2. The Labute approximate surface area is 130 Å². The lowest BCUT2D eigenvalue weighted by Gasteiger charge is -2.15. The molecule has 0 aliphatic rings. The number of hydrogen-bond acceptors (Lipinski definition) is 10. The molecule has 12 heteroatoms. The van der Waals surface area contributed by atoms with Gasteiger partial charge in [0.2, 0.25) is 23.8 Å². The third kappa shape index (κ3) is 4.79. The summed E-state index contributed by atoms with van der Waals surface area (Å²) in [5.74, 6) is 0.374. The number of hydrogen-bond donors (Lipinski definition) is 4. The molecule has 2 rings (SSSR count). The highest BCUT2D eigenvalue weighted by Gasteiger charge is 2.10. The summed E-state index contributed by atoms with van der Waals surface area (Å²) in [5, 5.41) is 11.0. The largest absolute Gasteiger partial charge is 0.357 e. The molecule has 0 saturated carbocycles. The molecular weight excluding hydrogens is 310 g/mol. The van der Waals surface area contributed by atoms with E-state index in [1.54, 1.807) is 21.0 Å². The minimum atomic E-state index is -0.898. The molecule has 0 amide bonds. The van der Waals surface area contributed by atoms with Crippen LogP contribution in [-0.4, -0.2) is 56.6 Å². The summed E-state index contributed by atoms with van der Waals surface area (Å²) in [5.41, 5.74) is 0. The Bertz CT molecular complexity index is 667. The molecule has 0 saturated heterocycles. The Hall–Kier alpha value is -2.92. The number of rotatable bonds is 7. The van der Waals surface area contributed by atoms with Crippen molar-refractivity contribution in [3.05, 3.63) is 12.2 Å². The Morgan fingerprint density at radius 2 is 1.26 bits per heavy atom. The molecule has 23 heavy (non-hydrogen) atoms. The molecule has 1 atom stereocenters. The summed E-state index contributed by atoms with van der Waals surface area (Å²) in [6.07, 6.45) is -1.80. The van der Waals surface area contributed by atoms with Crippen LogP contribution in [0, 0.1) is 12.2 Å². The van der Waals surface area contributed by atoms with Gasteiger partial charge in [-0.2, -0.15) is 38.7 Å². The van der Waals surface area contributed by atoms with Crippen LogP contribution in [0.3, 0.4) is 0 Å². The molecule has 0 fully saturated rings. The maximum atomic E-state index is 13.2. The minimum Gasteiger partial charge on any atom is -0.357 e. The fourth-order valence-corrected chi connectivity index (χ4v) is 1.58. The third-order valence-electron chi connectivity index (χ3n) is 2.61. The normalized spacial score (nSPS) is 11.7. The lowest BCUT2D eigenvalue weighted by atomic mass is 10.3. The van der Waals surface area contributed by atoms with Gasteiger partial charge in [0.25, 0.3) is 0 Å². The zero-order valence-electron chi connectivity index (χ0n) is 12.7. The molecule has 124 valence electrons. The van der Waals surface area contributed by atoms with Crippen molar-refractivity contribution < 1.29 is 8.78 Å². The third-order valence-corrected chi connectivity index (χ3v) is 2.61. The minimum absolute atomic E-state index is 0.0771. The van der Waals surface area contributed by atoms with Crippen LogP contribution in [0.4, 0.5) is 32.6 Å². The van der Waals surface area contributed by atoms with Crippen molar-refractivity contribution in [3.63, 3.8) is 0 Å². The van der Waals surface area contributed by atoms with Crippen LogP contribution in [-0.2, 0) is 0 Å². The molecule has 2 aromatic heterocycles. The molecule has 0 radical (unpaired) electrons. The highest BCUT2D eigenvalue weighted by atomic mass is 19.1. The molecule has 4 N–H and O–H groups in total. The summed E-state index contributed by atoms with van der Waals surface area (Å²) < 4.78 is 26.4. The van der Waals surface area contributed by atoms with Gasteiger partial charge in [0.1, 0.15) is 0 Å². The van der Waals surface area contributed by atoms with Gasteiger partial charge in [-0.05, 0) is 6.92 Å². The molecule has 2 aromatic rings. The Balaban J connectivity index is 1.96. The van der Waals surface area contributed by atoms with Crippen LogP contribution < -0.4 is 21.3 Å². The van der Waals surface area contributed by atoms with E-state index >= 15 is 0 Å². The summed E-state index contributed by atoms with van der Waals surface area (Å²) in [6.45, 7) is 2.11. The van der Waals surface area contributed by atoms with Crippen LogP contribution in [0.15, 0.2) is 0 Å². The highest BCUT2D eigenvalue weighted by Crippen LogP contribution is 2.07. The molecule has 0 bridgehead atoms. The molecule has 10 nitrogen and oxygen atoms in total. The molecule has 1 unspecified atom stereocenters. The van der Waals surface area contributed by atoms with Gasteiger partial charge < -0.3 is 21.3 Å². The lowest BCUT2D eigenvalue weighted by Crippen LogP contribution is -2.27. The van der Waals surface area contributed by atoms with Gasteiger partial charge in [0.15, 0.2) is 0 Å².